The first-order valence-electron chi connectivity index (χ1n) is 6.45. The molecule has 2 fully saturated rings. The molecular weight excluding hydrogens is 308 g/mol. The second-order valence-electron chi connectivity index (χ2n) is 4.87. The van der Waals surface area contributed by atoms with E-state index in [1.807, 2.05) is 18.2 Å². The van der Waals surface area contributed by atoms with Gasteiger partial charge in [0.2, 0.25) is 0 Å². The Morgan fingerprint density at radius 2 is 1.89 bits per heavy atom. The van der Waals surface area contributed by atoms with Gasteiger partial charge in [-0.1, -0.05) is 0 Å². The van der Waals surface area contributed by atoms with Crippen LogP contribution in [0.1, 0.15) is 18.4 Å². The normalized spacial score (nSPS) is 21.6. The highest BCUT2D eigenvalue weighted by atomic mass is 79.9. The molecule has 0 unspecified atom stereocenters. The predicted molar refractivity (Wildman–Crippen MR) is 74.9 cm³/mol. The molecule has 0 saturated carbocycles. The Labute approximate surface area is 121 Å². The zero-order valence-electron chi connectivity index (χ0n) is 10.6. The molecule has 0 bridgehead atoms. The van der Waals surface area contributed by atoms with Gasteiger partial charge < -0.3 is 14.4 Å². The van der Waals surface area contributed by atoms with Crippen molar-refractivity contribution >= 4 is 21.6 Å². The van der Waals surface area contributed by atoms with Crippen molar-refractivity contribution in [3.63, 3.8) is 0 Å². The van der Waals surface area contributed by atoms with Gasteiger partial charge in [0.05, 0.1) is 18.8 Å². The summed E-state index contributed by atoms with van der Waals surface area (Å²) in [6.45, 7) is 3.25. The van der Waals surface area contributed by atoms with E-state index in [2.05, 4.69) is 26.9 Å². The number of rotatable bonds is 1. The summed E-state index contributed by atoms with van der Waals surface area (Å²) in [7, 11) is 0. The molecule has 100 valence electrons. The monoisotopic (exact) mass is 322 g/mol. The molecule has 2 aliphatic heterocycles. The van der Waals surface area contributed by atoms with E-state index in [-0.39, 0.29) is 5.79 Å². The fourth-order valence-electron chi connectivity index (χ4n) is 2.68. The molecule has 2 saturated heterocycles. The fourth-order valence-corrected chi connectivity index (χ4v) is 3.14. The second-order valence-corrected chi connectivity index (χ2v) is 5.72. The van der Waals surface area contributed by atoms with E-state index in [1.165, 1.54) is 0 Å². The van der Waals surface area contributed by atoms with E-state index in [4.69, 9.17) is 14.7 Å². The molecule has 19 heavy (non-hydrogen) atoms. The molecule has 2 aliphatic rings. The lowest BCUT2D eigenvalue weighted by Gasteiger charge is -2.38. The first kappa shape index (κ1) is 12.9. The van der Waals surface area contributed by atoms with Gasteiger partial charge in [-0.2, -0.15) is 5.26 Å². The third-order valence-corrected chi connectivity index (χ3v) is 4.43. The van der Waals surface area contributed by atoms with E-state index in [9.17, 15) is 0 Å². The van der Waals surface area contributed by atoms with Crippen molar-refractivity contribution < 1.29 is 9.47 Å². The Morgan fingerprint density at radius 3 is 2.47 bits per heavy atom. The van der Waals surface area contributed by atoms with Gasteiger partial charge in [0.15, 0.2) is 5.79 Å². The maximum atomic E-state index is 8.93. The molecule has 1 aromatic carbocycles. The summed E-state index contributed by atoms with van der Waals surface area (Å²) in [6.07, 6.45) is 1.79. The van der Waals surface area contributed by atoms with Crippen molar-refractivity contribution in [3.8, 4) is 6.07 Å². The molecule has 0 aliphatic carbocycles. The number of benzene rings is 1. The fraction of sp³-hybridized carbons (Fsp3) is 0.500. The first-order valence-corrected chi connectivity index (χ1v) is 7.24. The number of nitriles is 1. The Hall–Kier alpha value is -1.09. The lowest BCUT2D eigenvalue weighted by Crippen LogP contribution is -2.45. The second kappa shape index (κ2) is 5.12. The number of halogens is 1. The van der Waals surface area contributed by atoms with Gasteiger partial charge in [0.25, 0.3) is 0 Å². The minimum atomic E-state index is -0.333. The topological polar surface area (TPSA) is 45.5 Å². The van der Waals surface area contributed by atoms with Crippen LogP contribution < -0.4 is 4.90 Å². The Balaban J connectivity index is 1.71. The van der Waals surface area contributed by atoms with Crippen molar-refractivity contribution in [2.75, 3.05) is 31.2 Å². The highest BCUT2D eigenvalue weighted by Gasteiger charge is 2.39. The lowest BCUT2D eigenvalue weighted by atomic mass is 10.0. The molecule has 0 N–H and O–H groups in total. The molecule has 0 atom stereocenters. The summed E-state index contributed by atoms with van der Waals surface area (Å²) in [6, 6.07) is 8.02. The third-order valence-electron chi connectivity index (χ3n) is 3.78. The summed E-state index contributed by atoms with van der Waals surface area (Å²) in [5.41, 5.74) is 1.80. The van der Waals surface area contributed by atoms with Crippen molar-refractivity contribution in [2.45, 2.75) is 18.6 Å². The highest BCUT2D eigenvalue weighted by molar-refractivity contribution is 9.10. The average molecular weight is 323 g/mol. The van der Waals surface area contributed by atoms with Gasteiger partial charge in [-0.15, -0.1) is 0 Å². The number of piperidine rings is 1. The van der Waals surface area contributed by atoms with Gasteiger partial charge >= 0.3 is 0 Å². The van der Waals surface area contributed by atoms with Crippen LogP contribution in [-0.4, -0.2) is 32.1 Å². The Bertz CT molecular complexity index is 511. The summed E-state index contributed by atoms with van der Waals surface area (Å²) in [4.78, 5) is 2.31. The van der Waals surface area contributed by atoms with Crippen LogP contribution in [0.15, 0.2) is 22.7 Å². The largest absolute Gasteiger partial charge is 0.371 e. The number of anilines is 1. The number of hydrogen-bond donors (Lipinski definition) is 0. The molecule has 2 heterocycles. The molecule has 3 rings (SSSR count). The van der Waals surface area contributed by atoms with Crippen LogP contribution in [-0.2, 0) is 9.47 Å². The number of nitrogens with zero attached hydrogens (tertiary/aromatic N) is 2. The Morgan fingerprint density at radius 1 is 1.21 bits per heavy atom. The third kappa shape index (κ3) is 2.48. The smallest absolute Gasteiger partial charge is 0.171 e. The molecule has 0 amide bonds. The zero-order chi connectivity index (χ0) is 13.3. The number of hydrogen-bond acceptors (Lipinski definition) is 4. The van der Waals surface area contributed by atoms with Crippen LogP contribution >= 0.6 is 15.9 Å². The maximum Gasteiger partial charge on any atom is 0.171 e. The molecule has 0 aromatic heterocycles. The lowest BCUT2D eigenvalue weighted by molar-refractivity contribution is -0.169. The van der Waals surface area contributed by atoms with E-state index in [1.54, 1.807) is 0 Å². The van der Waals surface area contributed by atoms with Crippen LogP contribution in [0.3, 0.4) is 0 Å². The van der Waals surface area contributed by atoms with Crippen molar-refractivity contribution in [2.24, 2.45) is 0 Å². The first-order chi connectivity index (χ1) is 9.22. The standard InChI is InChI=1S/C14H15BrN2O2/c15-13-9-12(2-1-11(13)10-16)17-5-3-14(4-6-17)18-7-8-19-14/h1-2,9H,3-8H2. The zero-order valence-corrected chi connectivity index (χ0v) is 12.1. The molecule has 1 aromatic rings. The molecule has 4 nitrogen and oxygen atoms in total. The minimum Gasteiger partial charge on any atom is -0.371 e. The Kier molecular flexibility index (Phi) is 3.48. The van der Waals surface area contributed by atoms with E-state index in [0.29, 0.717) is 18.8 Å². The summed E-state index contributed by atoms with van der Waals surface area (Å²) < 4.78 is 12.3. The van der Waals surface area contributed by atoms with E-state index >= 15 is 0 Å². The van der Waals surface area contributed by atoms with Crippen LogP contribution in [0.2, 0.25) is 0 Å². The quantitative estimate of drug-likeness (QED) is 0.797. The molecule has 0 radical (unpaired) electrons. The van der Waals surface area contributed by atoms with Crippen LogP contribution in [0, 0.1) is 11.3 Å². The average Bonchev–Trinajstić information content (AvgIpc) is 2.88. The molecule has 5 heteroatoms. The van der Waals surface area contributed by atoms with Crippen LogP contribution in [0.5, 0.6) is 0 Å². The summed E-state index contributed by atoms with van der Waals surface area (Å²) in [5.74, 6) is -0.333. The minimum absolute atomic E-state index is 0.333. The van der Waals surface area contributed by atoms with Gasteiger partial charge in [0.1, 0.15) is 6.07 Å². The summed E-state index contributed by atoms with van der Waals surface area (Å²) >= 11 is 3.44. The van der Waals surface area contributed by atoms with E-state index < -0.39 is 0 Å². The van der Waals surface area contributed by atoms with Crippen LogP contribution in [0.4, 0.5) is 5.69 Å². The van der Waals surface area contributed by atoms with E-state index in [0.717, 1.165) is 36.1 Å². The van der Waals surface area contributed by atoms with Crippen molar-refractivity contribution in [1.29, 1.82) is 5.26 Å². The van der Waals surface area contributed by atoms with Gasteiger partial charge in [-0.3, -0.25) is 0 Å². The van der Waals surface area contributed by atoms with Crippen LogP contribution in [0.25, 0.3) is 0 Å². The van der Waals surface area contributed by atoms with Gasteiger partial charge in [-0.25, -0.2) is 0 Å². The van der Waals surface area contributed by atoms with Gasteiger partial charge in [0, 0.05) is 36.1 Å². The number of ether oxygens (including phenoxy) is 2. The van der Waals surface area contributed by atoms with Gasteiger partial charge in [-0.05, 0) is 34.1 Å². The van der Waals surface area contributed by atoms with Crippen molar-refractivity contribution in [3.05, 3.63) is 28.2 Å². The molecular formula is C14H15BrN2O2. The maximum absolute atomic E-state index is 8.93. The SMILES string of the molecule is N#Cc1ccc(N2CCC3(CC2)OCCO3)cc1Br. The molecule has 1 spiro atoms. The summed E-state index contributed by atoms with van der Waals surface area (Å²) in [5, 5.41) is 8.93. The highest BCUT2D eigenvalue weighted by Crippen LogP contribution is 2.34. The predicted octanol–water partition coefficient (Wildman–Crippen LogP) is 2.66. The van der Waals surface area contributed by atoms with Crippen molar-refractivity contribution in [1.82, 2.24) is 0 Å².